The molecule has 0 amide bonds. The number of rotatable bonds is 7. The van der Waals surface area contributed by atoms with Crippen molar-refractivity contribution in [3.05, 3.63) is 23.4 Å². The molecule has 0 aliphatic heterocycles. The standard InChI is InChI=1S/C14H17N3OS2/c1-2-6-15-7-3-4-13-16-17-14(18-13)12-9-11-10(20-12)5-8-19-11/h5,8-9,15H,2-4,6-7H2,1H3. The summed E-state index contributed by atoms with van der Waals surface area (Å²) >= 11 is 3.45. The van der Waals surface area contributed by atoms with Crippen LogP contribution >= 0.6 is 22.7 Å². The fourth-order valence-corrected chi connectivity index (χ4v) is 4.02. The van der Waals surface area contributed by atoms with Crippen molar-refractivity contribution in [1.82, 2.24) is 15.5 Å². The Bertz CT molecular complexity index is 642. The van der Waals surface area contributed by atoms with Crippen LogP contribution in [0.3, 0.4) is 0 Å². The lowest BCUT2D eigenvalue weighted by atomic mass is 10.3. The zero-order valence-corrected chi connectivity index (χ0v) is 13.0. The number of hydrogen-bond donors (Lipinski definition) is 1. The highest BCUT2D eigenvalue weighted by Crippen LogP contribution is 2.35. The summed E-state index contributed by atoms with van der Waals surface area (Å²) in [5.74, 6) is 1.38. The summed E-state index contributed by atoms with van der Waals surface area (Å²) in [5.41, 5.74) is 0. The lowest BCUT2D eigenvalue weighted by molar-refractivity contribution is 0.492. The maximum atomic E-state index is 5.74. The van der Waals surface area contributed by atoms with Crippen LogP contribution in [0.5, 0.6) is 0 Å². The number of fused-ring (bicyclic) bond motifs is 1. The summed E-state index contributed by atoms with van der Waals surface area (Å²) in [4.78, 5) is 1.06. The molecule has 0 unspecified atom stereocenters. The molecular weight excluding hydrogens is 290 g/mol. The fourth-order valence-electron chi connectivity index (χ4n) is 1.99. The smallest absolute Gasteiger partial charge is 0.257 e. The van der Waals surface area contributed by atoms with E-state index in [4.69, 9.17) is 4.42 Å². The molecule has 0 aromatic carbocycles. The van der Waals surface area contributed by atoms with Crippen LogP contribution in [0.15, 0.2) is 21.9 Å². The van der Waals surface area contributed by atoms with Gasteiger partial charge in [-0.3, -0.25) is 0 Å². The number of aromatic nitrogens is 2. The molecular formula is C14H17N3OS2. The van der Waals surface area contributed by atoms with E-state index in [1.807, 2.05) is 0 Å². The summed E-state index contributed by atoms with van der Waals surface area (Å²) < 4.78 is 8.31. The first kappa shape index (κ1) is 13.7. The predicted octanol–water partition coefficient (Wildman–Crippen LogP) is 3.95. The normalized spacial score (nSPS) is 11.4. The zero-order valence-electron chi connectivity index (χ0n) is 11.4. The van der Waals surface area contributed by atoms with E-state index in [0.29, 0.717) is 5.89 Å². The number of aryl methyl sites for hydroxylation is 1. The van der Waals surface area contributed by atoms with Crippen molar-refractivity contribution in [2.24, 2.45) is 0 Å². The number of nitrogens with zero attached hydrogens (tertiary/aromatic N) is 2. The highest BCUT2D eigenvalue weighted by atomic mass is 32.1. The van der Waals surface area contributed by atoms with Crippen LogP contribution in [0.2, 0.25) is 0 Å². The van der Waals surface area contributed by atoms with Crippen molar-refractivity contribution in [2.45, 2.75) is 26.2 Å². The second-order valence-corrected chi connectivity index (χ2v) is 6.65. The lowest BCUT2D eigenvalue weighted by Gasteiger charge is -1.99. The molecule has 0 bridgehead atoms. The molecule has 3 aromatic heterocycles. The van der Waals surface area contributed by atoms with E-state index in [2.05, 4.69) is 40.0 Å². The molecule has 0 aliphatic carbocycles. The quantitative estimate of drug-likeness (QED) is 0.672. The summed E-state index contributed by atoms with van der Waals surface area (Å²) in [6, 6.07) is 4.26. The van der Waals surface area contributed by atoms with Crippen molar-refractivity contribution in [2.75, 3.05) is 13.1 Å². The summed E-state index contributed by atoms with van der Waals surface area (Å²) in [6.45, 7) is 4.24. The van der Waals surface area contributed by atoms with Gasteiger partial charge in [0.2, 0.25) is 5.89 Å². The molecule has 3 heterocycles. The monoisotopic (exact) mass is 307 g/mol. The Kier molecular flexibility index (Phi) is 4.44. The molecule has 6 heteroatoms. The van der Waals surface area contributed by atoms with Crippen LogP contribution in [0.1, 0.15) is 25.7 Å². The maximum absolute atomic E-state index is 5.74. The predicted molar refractivity (Wildman–Crippen MR) is 84.5 cm³/mol. The number of nitrogens with one attached hydrogen (secondary N) is 1. The molecule has 0 radical (unpaired) electrons. The Labute approximate surface area is 125 Å². The van der Waals surface area contributed by atoms with Crippen LogP contribution in [0.4, 0.5) is 0 Å². The number of hydrogen-bond acceptors (Lipinski definition) is 6. The van der Waals surface area contributed by atoms with Crippen LogP contribution in [0, 0.1) is 0 Å². The lowest BCUT2D eigenvalue weighted by Crippen LogP contribution is -2.16. The Balaban J connectivity index is 1.60. The molecule has 0 saturated carbocycles. The molecule has 3 rings (SSSR count). The molecule has 20 heavy (non-hydrogen) atoms. The summed E-state index contributed by atoms with van der Waals surface area (Å²) in [7, 11) is 0. The van der Waals surface area contributed by atoms with E-state index in [1.165, 1.54) is 15.8 Å². The van der Waals surface area contributed by atoms with Gasteiger partial charge in [-0.2, -0.15) is 0 Å². The van der Waals surface area contributed by atoms with Gasteiger partial charge in [-0.1, -0.05) is 6.92 Å². The van der Waals surface area contributed by atoms with Gasteiger partial charge in [-0.25, -0.2) is 0 Å². The minimum atomic E-state index is 0.648. The zero-order chi connectivity index (χ0) is 13.8. The first-order valence-electron chi connectivity index (χ1n) is 6.87. The fraction of sp³-hybridized carbons (Fsp3) is 0.429. The minimum absolute atomic E-state index is 0.648. The van der Waals surface area contributed by atoms with E-state index in [1.54, 1.807) is 22.7 Å². The van der Waals surface area contributed by atoms with Crippen molar-refractivity contribution >= 4 is 32.1 Å². The Morgan fingerprint density at radius 3 is 3.05 bits per heavy atom. The van der Waals surface area contributed by atoms with Gasteiger partial charge in [0.1, 0.15) is 0 Å². The molecule has 0 fully saturated rings. The van der Waals surface area contributed by atoms with Crippen LogP contribution in [0.25, 0.3) is 20.2 Å². The molecule has 0 saturated heterocycles. The first-order chi connectivity index (χ1) is 9.86. The molecule has 0 atom stereocenters. The van der Waals surface area contributed by atoms with Gasteiger partial charge in [-0.05, 0) is 43.4 Å². The van der Waals surface area contributed by atoms with E-state index in [0.717, 1.165) is 36.7 Å². The van der Waals surface area contributed by atoms with Crippen LogP contribution < -0.4 is 5.32 Å². The van der Waals surface area contributed by atoms with Crippen molar-refractivity contribution in [3.63, 3.8) is 0 Å². The minimum Gasteiger partial charge on any atom is -0.420 e. The van der Waals surface area contributed by atoms with Gasteiger partial charge >= 0.3 is 0 Å². The third-order valence-electron chi connectivity index (χ3n) is 2.99. The topological polar surface area (TPSA) is 51.0 Å². The van der Waals surface area contributed by atoms with Crippen molar-refractivity contribution in [3.8, 4) is 10.8 Å². The first-order valence-corrected chi connectivity index (χ1v) is 8.57. The van der Waals surface area contributed by atoms with Gasteiger partial charge in [0.25, 0.3) is 5.89 Å². The van der Waals surface area contributed by atoms with Gasteiger partial charge in [0.05, 0.1) is 4.88 Å². The second kappa shape index (κ2) is 6.47. The third-order valence-corrected chi connectivity index (χ3v) is 5.07. The largest absolute Gasteiger partial charge is 0.420 e. The van der Waals surface area contributed by atoms with Crippen molar-refractivity contribution in [1.29, 1.82) is 0 Å². The second-order valence-electron chi connectivity index (χ2n) is 4.61. The Morgan fingerprint density at radius 1 is 1.25 bits per heavy atom. The molecule has 1 N–H and O–H groups in total. The van der Waals surface area contributed by atoms with Gasteiger partial charge < -0.3 is 9.73 Å². The third kappa shape index (κ3) is 3.08. The van der Waals surface area contributed by atoms with Crippen LogP contribution in [-0.4, -0.2) is 23.3 Å². The van der Waals surface area contributed by atoms with Gasteiger partial charge in [0.15, 0.2) is 0 Å². The molecule has 3 aromatic rings. The highest BCUT2D eigenvalue weighted by Gasteiger charge is 2.12. The van der Waals surface area contributed by atoms with Gasteiger partial charge in [-0.15, -0.1) is 32.9 Å². The highest BCUT2D eigenvalue weighted by molar-refractivity contribution is 7.28. The number of thiophene rings is 2. The van der Waals surface area contributed by atoms with E-state index in [9.17, 15) is 0 Å². The average molecular weight is 307 g/mol. The average Bonchev–Trinajstić information content (AvgIpc) is 3.12. The van der Waals surface area contributed by atoms with Crippen LogP contribution in [-0.2, 0) is 6.42 Å². The molecule has 0 spiro atoms. The molecule has 4 nitrogen and oxygen atoms in total. The summed E-state index contributed by atoms with van der Waals surface area (Å²) in [5, 5.41) is 13.8. The summed E-state index contributed by atoms with van der Waals surface area (Å²) in [6.07, 6.45) is 3.03. The van der Waals surface area contributed by atoms with E-state index in [-0.39, 0.29) is 0 Å². The van der Waals surface area contributed by atoms with Crippen molar-refractivity contribution < 1.29 is 4.42 Å². The Hall–Kier alpha value is -1.24. The van der Waals surface area contributed by atoms with E-state index >= 15 is 0 Å². The Morgan fingerprint density at radius 2 is 2.20 bits per heavy atom. The van der Waals surface area contributed by atoms with E-state index < -0.39 is 0 Å². The SMILES string of the molecule is CCCNCCCc1nnc(-c2cc3sccc3s2)o1. The maximum Gasteiger partial charge on any atom is 0.257 e. The molecule has 106 valence electrons. The van der Waals surface area contributed by atoms with Gasteiger partial charge in [0, 0.05) is 15.8 Å². The molecule has 0 aliphatic rings.